The fraction of sp³-hybridized carbons (Fsp3) is 0.462. The van der Waals surface area contributed by atoms with Gasteiger partial charge in [0.15, 0.2) is 0 Å². The van der Waals surface area contributed by atoms with Crippen LogP contribution in [0.4, 0.5) is 0 Å². The summed E-state index contributed by atoms with van der Waals surface area (Å²) < 4.78 is 0. The lowest BCUT2D eigenvalue weighted by molar-refractivity contribution is -0.122. The molecule has 0 aromatic heterocycles. The highest BCUT2D eigenvalue weighted by Crippen LogP contribution is 2.14. The number of aliphatic hydroxyl groups is 1. The molecule has 1 amide bonds. The van der Waals surface area contributed by atoms with Gasteiger partial charge in [-0.1, -0.05) is 37.3 Å². The largest absolute Gasteiger partial charge is 0.394 e. The van der Waals surface area contributed by atoms with Crippen LogP contribution in [0.1, 0.15) is 24.9 Å². The topological polar surface area (TPSA) is 49.3 Å². The van der Waals surface area contributed by atoms with Gasteiger partial charge in [-0.05, 0) is 11.8 Å². The van der Waals surface area contributed by atoms with Crippen LogP contribution in [-0.2, 0) is 4.79 Å². The van der Waals surface area contributed by atoms with Crippen molar-refractivity contribution in [1.29, 1.82) is 0 Å². The Morgan fingerprint density at radius 1 is 1.41 bits per heavy atom. The normalized spacial score (nSPS) is 14.1. The van der Waals surface area contributed by atoms with Gasteiger partial charge in [0.05, 0.1) is 12.6 Å². The summed E-state index contributed by atoms with van der Waals surface area (Å²) in [5.74, 6) is -0.0187. The quantitative estimate of drug-likeness (QED) is 0.815. The lowest BCUT2D eigenvalue weighted by Gasteiger charge is -2.17. The summed E-state index contributed by atoms with van der Waals surface area (Å²) in [4.78, 5) is 11.7. The molecular formula is C13H19NO2S. The van der Waals surface area contributed by atoms with E-state index in [2.05, 4.69) is 5.32 Å². The predicted octanol–water partition coefficient (Wildman–Crippen LogP) is 1.98. The van der Waals surface area contributed by atoms with E-state index in [1.165, 1.54) is 0 Å². The average Bonchev–Trinajstić information content (AvgIpc) is 2.36. The van der Waals surface area contributed by atoms with Gasteiger partial charge in [-0.15, -0.1) is 0 Å². The van der Waals surface area contributed by atoms with Crippen LogP contribution in [0.5, 0.6) is 0 Å². The van der Waals surface area contributed by atoms with Crippen molar-refractivity contribution in [3.8, 4) is 0 Å². The van der Waals surface area contributed by atoms with Crippen molar-refractivity contribution in [2.24, 2.45) is 0 Å². The average molecular weight is 253 g/mol. The number of thioether (sulfide) groups is 1. The van der Waals surface area contributed by atoms with Gasteiger partial charge in [0.25, 0.3) is 0 Å². The molecule has 0 bridgehead atoms. The number of amides is 1. The van der Waals surface area contributed by atoms with E-state index < -0.39 is 0 Å². The number of nitrogens with one attached hydrogen (secondary N) is 1. The first-order valence-electron chi connectivity index (χ1n) is 5.65. The fourth-order valence-electron chi connectivity index (χ4n) is 1.52. The van der Waals surface area contributed by atoms with Gasteiger partial charge in [0, 0.05) is 11.7 Å². The molecule has 0 unspecified atom stereocenters. The highest BCUT2D eigenvalue weighted by molar-refractivity contribution is 7.99. The van der Waals surface area contributed by atoms with E-state index in [9.17, 15) is 9.90 Å². The maximum absolute atomic E-state index is 11.7. The number of aliphatic hydroxyl groups excluding tert-OH is 1. The zero-order chi connectivity index (χ0) is 12.7. The molecular weight excluding hydrogens is 234 g/mol. The first kappa shape index (κ1) is 14.1. The van der Waals surface area contributed by atoms with Crippen molar-refractivity contribution in [2.45, 2.75) is 24.6 Å². The molecule has 0 aliphatic carbocycles. The highest BCUT2D eigenvalue weighted by atomic mass is 32.2. The van der Waals surface area contributed by atoms with Crippen LogP contribution < -0.4 is 5.32 Å². The van der Waals surface area contributed by atoms with Gasteiger partial charge in [-0.25, -0.2) is 0 Å². The summed E-state index contributed by atoms with van der Waals surface area (Å²) in [6, 6.07) is 9.20. The van der Waals surface area contributed by atoms with E-state index in [0.29, 0.717) is 11.7 Å². The molecule has 1 rings (SSSR count). The first-order chi connectivity index (χ1) is 8.17. The summed E-state index contributed by atoms with van der Waals surface area (Å²) in [6.45, 7) is 1.93. The number of carbonyl (C=O) groups excluding carboxylic acids is 1. The Labute approximate surface area is 107 Å². The van der Waals surface area contributed by atoms with Crippen LogP contribution in [-0.4, -0.2) is 29.1 Å². The van der Waals surface area contributed by atoms with Gasteiger partial charge >= 0.3 is 0 Å². The molecule has 4 heteroatoms. The van der Waals surface area contributed by atoms with E-state index >= 15 is 0 Å². The second-order valence-corrected chi connectivity index (χ2v) is 5.24. The molecule has 0 saturated carbocycles. The van der Waals surface area contributed by atoms with Gasteiger partial charge in [0.2, 0.25) is 5.91 Å². The highest BCUT2D eigenvalue weighted by Gasteiger charge is 2.14. The molecule has 0 radical (unpaired) electrons. The predicted molar refractivity (Wildman–Crippen MR) is 72.0 cm³/mol. The monoisotopic (exact) mass is 253 g/mol. The van der Waals surface area contributed by atoms with Gasteiger partial charge in [0.1, 0.15) is 0 Å². The Bertz CT molecular complexity index is 343. The van der Waals surface area contributed by atoms with E-state index in [4.69, 9.17) is 0 Å². The smallest absolute Gasteiger partial charge is 0.221 e. The van der Waals surface area contributed by atoms with Crippen molar-refractivity contribution in [3.63, 3.8) is 0 Å². The van der Waals surface area contributed by atoms with Gasteiger partial charge in [-0.2, -0.15) is 11.8 Å². The molecule has 0 heterocycles. The van der Waals surface area contributed by atoms with E-state index in [-0.39, 0.29) is 18.6 Å². The molecule has 3 nitrogen and oxygen atoms in total. The Kier molecular flexibility index (Phi) is 6.08. The molecule has 94 valence electrons. The van der Waals surface area contributed by atoms with Crippen LogP contribution in [0, 0.1) is 0 Å². The second-order valence-electron chi connectivity index (χ2n) is 3.96. The van der Waals surface area contributed by atoms with Crippen molar-refractivity contribution >= 4 is 17.7 Å². The van der Waals surface area contributed by atoms with Crippen molar-refractivity contribution in [2.75, 3.05) is 12.9 Å². The number of hydrogen-bond donors (Lipinski definition) is 2. The number of hydrogen-bond acceptors (Lipinski definition) is 3. The minimum atomic E-state index is -0.308. The molecule has 2 atom stereocenters. The molecule has 0 fully saturated rings. The Morgan fingerprint density at radius 3 is 2.59 bits per heavy atom. The molecule has 0 spiro atoms. The van der Waals surface area contributed by atoms with Crippen LogP contribution >= 0.6 is 11.8 Å². The van der Waals surface area contributed by atoms with Crippen molar-refractivity contribution < 1.29 is 9.90 Å². The summed E-state index contributed by atoms with van der Waals surface area (Å²) >= 11 is 1.66. The Morgan fingerprint density at radius 2 is 2.06 bits per heavy atom. The Hall–Kier alpha value is -1.00. The zero-order valence-corrected chi connectivity index (χ0v) is 11.0. The third-order valence-corrected chi connectivity index (χ3v) is 3.57. The first-order valence-corrected chi connectivity index (χ1v) is 6.94. The lowest BCUT2D eigenvalue weighted by Crippen LogP contribution is -2.32. The summed E-state index contributed by atoms with van der Waals surface area (Å²) in [7, 11) is 0. The minimum absolute atomic E-state index is 0.0187. The van der Waals surface area contributed by atoms with Crippen LogP contribution in [0.15, 0.2) is 30.3 Å². The fourth-order valence-corrected chi connectivity index (χ4v) is 1.84. The summed E-state index contributed by atoms with van der Waals surface area (Å²) in [6.07, 6.45) is 2.46. The molecule has 0 aliphatic rings. The zero-order valence-electron chi connectivity index (χ0n) is 10.2. The summed E-state index contributed by atoms with van der Waals surface area (Å²) in [5, 5.41) is 12.4. The molecule has 1 aromatic rings. The molecule has 0 saturated heterocycles. The Balaban J connectivity index is 2.56. The SMILES string of the molecule is CS[C@H](C)CC(=O)N[C@H](CO)c1ccccc1. The lowest BCUT2D eigenvalue weighted by atomic mass is 10.1. The van der Waals surface area contributed by atoms with Gasteiger partial charge < -0.3 is 10.4 Å². The standard InChI is InChI=1S/C13H19NO2S/c1-10(17-2)8-13(16)14-12(9-15)11-6-4-3-5-7-11/h3-7,10,12,15H,8-9H2,1-2H3,(H,14,16)/t10-,12-/m1/s1. The van der Waals surface area contributed by atoms with Crippen LogP contribution in [0.25, 0.3) is 0 Å². The molecule has 1 aromatic carbocycles. The molecule has 2 N–H and O–H groups in total. The minimum Gasteiger partial charge on any atom is -0.394 e. The maximum atomic E-state index is 11.7. The maximum Gasteiger partial charge on any atom is 0.221 e. The molecule has 0 aliphatic heterocycles. The number of carbonyl (C=O) groups is 1. The van der Waals surface area contributed by atoms with E-state index in [1.807, 2.05) is 43.5 Å². The number of rotatable bonds is 6. The van der Waals surface area contributed by atoms with Crippen molar-refractivity contribution in [1.82, 2.24) is 5.32 Å². The summed E-state index contributed by atoms with van der Waals surface area (Å²) in [5.41, 5.74) is 0.931. The molecule has 17 heavy (non-hydrogen) atoms. The van der Waals surface area contributed by atoms with E-state index in [0.717, 1.165) is 5.56 Å². The van der Waals surface area contributed by atoms with Crippen molar-refractivity contribution in [3.05, 3.63) is 35.9 Å². The second kappa shape index (κ2) is 7.35. The van der Waals surface area contributed by atoms with Crippen LogP contribution in [0.3, 0.4) is 0 Å². The third kappa shape index (κ3) is 4.79. The van der Waals surface area contributed by atoms with Gasteiger partial charge in [-0.3, -0.25) is 4.79 Å². The third-order valence-electron chi connectivity index (χ3n) is 2.59. The number of benzene rings is 1. The van der Waals surface area contributed by atoms with Crippen LogP contribution in [0.2, 0.25) is 0 Å². The van der Waals surface area contributed by atoms with E-state index in [1.54, 1.807) is 11.8 Å².